The van der Waals surface area contributed by atoms with Crippen LogP contribution in [0.15, 0.2) is 24.3 Å². The highest BCUT2D eigenvalue weighted by Gasteiger charge is 2.23. The fourth-order valence-electron chi connectivity index (χ4n) is 4.36. The summed E-state index contributed by atoms with van der Waals surface area (Å²) in [6.07, 6.45) is 3.86. The van der Waals surface area contributed by atoms with Gasteiger partial charge in [-0.25, -0.2) is 0 Å². The molecule has 0 fully saturated rings. The van der Waals surface area contributed by atoms with Crippen LogP contribution in [0.4, 0.5) is 0 Å². The predicted octanol–water partition coefficient (Wildman–Crippen LogP) is 6.32. The lowest BCUT2D eigenvalue weighted by molar-refractivity contribution is 0.409. The molecule has 2 rings (SSSR count). The van der Waals surface area contributed by atoms with Gasteiger partial charge in [-0.1, -0.05) is 39.8 Å². The molecule has 27 heavy (non-hydrogen) atoms. The first-order valence-electron chi connectivity index (χ1n) is 10.0. The molecular formula is C24H33ClO2. The fourth-order valence-corrected chi connectivity index (χ4v) is 4.69. The van der Waals surface area contributed by atoms with Gasteiger partial charge < -0.3 is 9.47 Å². The van der Waals surface area contributed by atoms with Crippen molar-refractivity contribution < 1.29 is 9.47 Å². The molecule has 0 spiro atoms. The number of methoxy groups -OCH3 is 2. The lowest BCUT2D eigenvalue weighted by Crippen LogP contribution is -2.13. The van der Waals surface area contributed by atoms with E-state index in [0.29, 0.717) is 5.88 Å². The van der Waals surface area contributed by atoms with Crippen molar-refractivity contribution in [2.75, 3.05) is 20.1 Å². The van der Waals surface area contributed by atoms with Crippen LogP contribution in [0.5, 0.6) is 11.5 Å². The molecule has 0 atom stereocenters. The summed E-state index contributed by atoms with van der Waals surface area (Å²) in [6, 6.07) is 8.61. The summed E-state index contributed by atoms with van der Waals surface area (Å²) in [4.78, 5) is 0. The molecule has 148 valence electrons. The van der Waals surface area contributed by atoms with Gasteiger partial charge >= 0.3 is 0 Å². The molecule has 2 nitrogen and oxygen atoms in total. The van der Waals surface area contributed by atoms with Gasteiger partial charge in [-0.15, -0.1) is 11.6 Å². The van der Waals surface area contributed by atoms with Crippen LogP contribution in [-0.2, 0) is 25.7 Å². The van der Waals surface area contributed by atoms with Crippen LogP contribution in [-0.4, -0.2) is 20.1 Å². The lowest BCUT2D eigenvalue weighted by atomic mass is 9.81. The molecule has 0 aliphatic heterocycles. The smallest absolute Gasteiger partial charge is 0.122 e. The monoisotopic (exact) mass is 388 g/mol. The van der Waals surface area contributed by atoms with Crippen LogP contribution >= 0.6 is 11.6 Å². The Morgan fingerprint density at radius 3 is 1.30 bits per heavy atom. The molecule has 3 heteroatoms. The number of ether oxygens (including phenoxy) is 2. The normalized spacial score (nSPS) is 11.1. The Labute approximate surface area is 169 Å². The second-order valence-corrected chi connectivity index (χ2v) is 7.06. The highest BCUT2D eigenvalue weighted by Crippen LogP contribution is 2.39. The maximum Gasteiger partial charge on any atom is 0.122 e. The van der Waals surface area contributed by atoms with Gasteiger partial charge in [0, 0.05) is 11.8 Å². The Kier molecular flexibility index (Phi) is 8.04. The maximum absolute atomic E-state index is 6.57. The minimum Gasteiger partial charge on any atom is -0.496 e. The van der Waals surface area contributed by atoms with E-state index in [9.17, 15) is 0 Å². The van der Waals surface area contributed by atoms with Crippen molar-refractivity contribution in [2.45, 2.75) is 59.3 Å². The number of hydrogen-bond donors (Lipinski definition) is 0. The molecule has 2 aromatic carbocycles. The quantitative estimate of drug-likeness (QED) is 0.467. The van der Waals surface area contributed by atoms with Crippen molar-refractivity contribution in [3.05, 3.63) is 57.6 Å². The van der Waals surface area contributed by atoms with Crippen LogP contribution in [0.25, 0.3) is 0 Å². The summed E-state index contributed by atoms with van der Waals surface area (Å²) < 4.78 is 11.2. The van der Waals surface area contributed by atoms with Crippen molar-refractivity contribution in [1.29, 1.82) is 0 Å². The van der Waals surface area contributed by atoms with Gasteiger partial charge in [-0.3, -0.25) is 0 Å². The second kappa shape index (κ2) is 10.0. The molecule has 0 aliphatic carbocycles. The van der Waals surface area contributed by atoms with E-state index < -0.39 is 0 Å². The SMILES string of the molecule is CCc1c(OC)ccc(C(CCl)c2ccc(OC)c(CC)c2CC)c1CC. The van der Waals surface area contributed by atoms with Gasteiger partial charge in [0.15, 0.2) is 0 Å². The van der Waals surface area contributed by atoms with E-state index >= 15 is 0 Å². The average molecular weight is 389 g/mol. The van der Waals surface area contributed by atoms with Crippen LogP contribution in [0, 0.1) is 0 Å². The largest absolute Gasteiger partial charge is 0.496 e. The summed E-state index contributed by atoms with van der Waals surface area (Å²) in [6.45, 7) is 8.82. The molecule has 0 heterocycles. The molecule has 0 radical (unpaired) electrons. The second-order valence-electron chi connectivity index (χ2n) is 6.75. The third-order valence-corrected chi connectivity index (χ3v) is 5.92. The molecule has 0 N–H and O–H groups in total. The third-order valence-electron chi connectivity index (χ3n) is 5.61. The molecule has 0 unspecified atom stereocenters. The average Bonchev–Trinajstić information content (AvgIpc) is 2.72. The first-order valence-corrected chi connectivity index (χ1v) is 10.6. The van der Waals surface area contributed by atoms with Gasteiger partial charge in [0.25, 0.3) is 0 Å². The molecule has 0 aliphatic rings. The van der Waals surface area contributed by atoms with Crippen LogP contribution < -0.4 is 9.47 Å². The number of halogens is 1. The molecule has 0 saturated heterocycles. The Morgan fingerprint density at radius 2 is 1.04 bits per heavy atom. The van der Waals surface area contributed by atoms with E-state index in [1.54, 1.807) is 14.2 Å². The third kappa shape index (κ3) is 4.11. The number of benzene rings is 2. The van der Waals surface area contributed by atoms with Crippen molar-refractivity contribution in [2.24, 2.45) is 0 Å². The topological polar surface area (TPSA) is 18.5 Å². The van der Waals surface area contributed by atoms with E-state index in [1.807, 2.05) is 0 Å². The zero-order valence-electron chi connectivity index (χ0n) is 17.6. The first-order chi connectivity index (χ1) is 13.1. The van der Waals surface area contributed by atoms with E-state index in [-0.39, 0.29) is 5.92 Å². The fraction of sp³-hybridized carbons (Fsp3) is 0.500. The maximum atomic E-state index is 6.57. The number of hydrogen-bond acceptors (Lipinski definition) is 2. The van der Waals surface area contributed by atoms with Gasteiger partial charge in [0.1, 0.15) is 11.5 Å². The molecule has 0 bridgehead atoms. The highest BCUT2D eigenvalue weighted by molar-refractivity contribution is 6.18. The van der Waals surface area contributed by atoms with Crippen LogP contribution in [0.1, 0.15) is 67.0 Å². The minimum atomic E-state index is 0.170. The van der Waals surface area contributed by atoms with Gasteiger partial charge in [-0.05, 0) is 71.2 Å². The van der Waals surface area contributed by atoms with Crippen LogP contribution in [0.3, 0.4) is 0 Å². The first kappa shape index (κ1) is 21.6. The Morgan fingerprint density at radius 1 is 0.667 bits per heavy atom. The van der Waals surface area contributed by atoms with Gasteiger partial charge in [0.2, 0.25) is 0 Å². The van der Waals surface area contributed by atoms with E-state index in [1.165, 1.54) is 33.4 Å². The van der Waals surface area contributed by atoms with E-state index in [4.69, 9.17) is 21.1 Å². The summed E-state index contributed by atoms with van der Waals surface area (Å²) in [5, 5.41) is 0. The summed E-state index contributed by atoms with van der Waals surface area (Å²) in [5.41, 5.74) is 8.00. The molecule has 0 aromatic heterocycles. The zero-order valence-corrected chi connectivity index (χ0v) is 18.4. The minimum absolute atomic E-state index is 0.170. The van der Waals surface area contributed by atoms with Crippen molar-refractivity contribution in [3.8, 4) is 11.5 Å². The molecular weight excluding hydrogens is 356 g/mol. The predicted molar refractivity (Wildman–Crippen MR) is 116 cm³/mol. The van der Waals surface area contributed by atoms with Gasteiger partial charge in [0.05, 0.1) is 14.2 Å². The molecule has 0 amide bonds. The summed E-state index contributed by atoms with van der Waals surface area (Å²) >= 11 is 6.57. The highest BCUT2D eigenvalue weighted by atomic mass is 35.5. The lowest BCUT2D eigenvalue weighted by Gasteiger charge is -2.26. The Balaban J connectivity index is 2.71. The Bertz CT molecular complexity index is 704. The van der Waals surface area contributed by atoms with Gasteiger partial charge in [-0.2, -0.15) is 0 Å². The molecule has 2 aromatic rings. The van der Waals surface area contributed by atoms with Crippen molar-refractivity contribution >= 4 is 11.6 Å². The number of rotatable bonds is 9. The van der Waals surface area contributed by atoms with E-state index in [2.05, 4.69) is 52.0 Å². The molecule has 0 saturated carbocycles. The Hall–Kier alpha value is -1.67. The number of alkyl halides is 1. The van der Waals surface area contributed by atoms with Crippen molar-refractivity contribution in [1.82, 2.24) is 0 Å². The summed E-state index contributed by atoms with van der Waals surface area (Å²) in [7, 11) is 3.50. The standard InChI is InChI=1S/C24H33ClO2/c1-7-16-18(9-3)23(26-5)13-11-20(16)22(15-25)21-12-14-24(27-6)19(10-4)17(21)8-2/h11-14,22H,7-10,15H2,1-6H3. The van der Waals surface area contributed by atoms with E-state index in [0.717, 1.165) is 37.2 Å². The zero-order chi connectivity index (χ0) is 20.0. The van der Waals surface area contributed by atoms with Crippen molar-refractivity contribution in [3.63, 3.8) is 0 Å². The van der Waals surface area contributed by atoms with Crippen LogP contribution in [0.2, 0.25) is 0 Å². The summed E-state index contributed by atoms with van der Waals surface area (Å²) in [5.74, 6) is 2.69.